The van der Waals surface area contributed by atoms with Crippen molar-refractivity contribution in [3.8, 4) is 0 Å². The molecular weight excluding hydrogens is 318 g/mol. The highest BCUT2D eigenvalue weighted by Gasteiger charge is 2.12. The molecule has 3 N–H and O–H groups in total. The van der Waals surface area contributed by atoms with E-state index in [9.17, 15) is 4.39 Å². The summed E-state index contributed by atoms with van der Waals surface area (Å²) in [4.78, 5) is 0. The van der Waals surface area contributed by atoms with Crippen LogP contribution in [0.15, 0.2) is 18.2 Å². The maximum atomic E-state index is 13.0. The van der Waals surface area contributed by atoms with Gasteiger partial charge in [0.2, 0.25) is 0 Å². The SMILES string of the molecule is CCCCCC(NN)c1ccc(F)cc1I. The zero-order chi connectivity index (χ0) is 12.0. The minimum atomic E-state index is -0.197. The lowest BCUT2D eigenvalue weighted by Crippen LogP contribution is -2.28. The van der Waals surface area contributed by atoms with E-state index in [1.54, 1.807) is 6.07 Å². The van der Waals surface area contributed by atoms with Crippen LogP contribution in [0.3, 0.4) is 0 Å². The lowest BCUT2D eigenvalue weighted by Gasteiger charge is -2.17. The van der Waals surface area contributed by atoms with Crippen LogP contribution in [0.2, 0.25) is 0 Å². The van der Waals surface area contributed by atoms with Crippen LogP contribution in [0.5, 0.6) is 0 Å². The summed E-state index contributed by atoms with van der Waals surface area (Å²) in [5.41, 5.74) is 3.89. The van der Waals surface area contributed by atoms with Gasteiger partial charge < -0.3 is 0 Å². The Hall–Kier alpha value is -0.200. The van der Waals surface area contributed by atoms with Crippen molar-refractivity contribution in [2.24, 2.45) is 5.84 Å². The van der Waals surface area contributed by atoms with Crippen LogP contribution in [-0.2, 0) is 0 Å². The second kappa shape index (κ2) is 7.19. The molecular formula is C12H18FIN2. The highest BCUT2D eigenvalue weighted by Crippen LogP contribution is 2.24. The number of halogens is 2. The molecule has 0 fully saturated rings. The molecule has 1 atom stereocenters. The van der Waals surface area contributed by atoms with Gasteiger partial charge >= 0.3 is 0 Å². The van der Waals surface area contributed by atoms with E-state index >= 15 is 0 Å². The molecule has 0 aromatic heterocycles. The van der Waals surface area contributed by atoms with Gasteiger partial charge in [-0.2, -0.15) is 0 Å². The highest BCUT2D eigenvalue weighted by atomic mass is 127. The van der Waals surface area contributed by atoms with Gasteiger partial charge in [0.1, 0.15) is 5.82 Å². The molecule has 0 heterocycles. The maximum absolute atomic E-state index is 13.0. The molecule has 1 rings (SSSR count). The second-order valence-electron chi connectivity index (χ2n) is 3.88. The van der Waals surface area contributed by atoms with E-state index in [-0.39, 0.29) is 11.9 Å². The summed E-state index contributed by atoms with van der Waals surface area (Å²) in [7, 11) is 0. The summed E-state index contributed by atoms with van der Waals surface area (Å²) in [6.45, 7) is 2.17. The van der Waals surface area contributed by atoms with Gasteiger partial charge in [-0.1, -0.05) is 32.3 Å². The van der Waals surface area contributed by atoms with Crippen molar-refractivity contribution in [2.45, 2.75) is 38.6 Å². The first-order valence-electron chi connectivity index (χ1n) is 5.60. The molecule has 1 unspecified atom stereocenters. The quantitative estimate of drug-likeness (QED) is 0.361. The third-order valence-corrected chi connectivity index (χ3v) is 3.57. The third kappa shape index (κ3) is 3.99. The van der Waals surface area contributed by atoms with Crippen molar-refractivity contribution in [3.63, 3.8) is 0 Å². The van der Waals surface area contributed by atoms with E-state index < -0.39 is 0 Å². The van der Waals surface area contributed by atoms with Crippen LogP contribution in [0.25, 0.3) is 0 Å². The maximum Gasteiger partial charge on any atom is 0.124 e. The molecule has 0 bridgehead atoms. The van der Waals surface area contributed by atoms with Crippen LogP contribution in [-0.4, -0.2) is 0 Å². The first-order valence-corrected chi connectivity index (χ1v) is 6.68. The van der Waals surface area contributed by atoms with Crippen LogP contribution in [0, 0.1) is 9.39 Å². The smallest absolute Gasteiger partial charge is 0.124 e. The summed E-state index contributed by atoms with van der Waals surface area (Å²) in [6.07, 6.45) is 4.53. The molecule has 1 aromatic rings. The largest absolute Gasteiger partial charge is 0.271 e. The van der Waals surface area contributed by atoms with E-state index in [1.165, 1.54) is 18.9 Å². The fourth-order valence-electron chi connectivity index (χ4n) is 1.71. The molecule has 0 amide bonds. The van der Waals surface area contributed by atoms with Gasteiger partial charge in [0, 0.05) is 9.61 Å². The van der Waals surface area contributed by atoms with E-state index in [0.29, 0.717) is 0 Å². The number of benzene rings is 1. The van der Waals surface area contributed by atoms with Crippen LogP contribution in [0.1, 0.15) is 44.2 Å². The molecule has 4 heteroatoms. The van der Waals surface area contributed by atoms with Crippen molar-refractivity contribution in [1.82, 2.24) is 5.43 Å². The molecule has 0 radical (unpaired) electrons. The average Bonchev–Trinajstić information content (AvgIpc) is 2.26. The Morgan fingerprint density at radius 2 is 2.19 bits per heavy atom. The Bertz CT molecular complexity index is 331. The van der Waals surface area contributed by atoms with Crippen molar-refractivity contribution in [2.75, 3.05) is 0 Å². The number of rotatable bonds is 6. The van der Waals surface area contributed by atoms with Gasteiger partial charge in [-0.15, -0.1) is 0 Å². The van der Waals surface area contributed by atoms with Crippen LogP contribution in [0.4, 0.5) is 4.39 Å². The first-order chi connectivity index (χ1) is 7.69. The van der Waals surface area contributed by atoms with Crippen LogP contribution >= 0.6 is 22.6 Å². The van der Waals surface area contributed by atoms with E-state index in [0.717, 1.165) is 22.0 Å². The van der Waals surface area contributed by atoms with Gasteiger partial charge in [-0.25, -0.2) is 4.39 Å². The Labute approximate surface area is 110 Å². The zero-order valence-corrected chi connectivity index (χ0v) is 11.6. The molecule has 2 nitrogen and oxygen atoms in total. The molecule has 0 aliphatic heterocycles. The number of hydrazine groups is 1. The minimum Gasteiger partial charge on any atom is -0.271 e. The van der Waals surface area contributed by atoms with Crippen molar-refractivity contribution >= 4 is 22.6 Å². The molecule has 0 aliphatic rings. The predicted octanol–water partition coefficient (Wildman–Crippen LogP) is 3.52. The third-order valence-electron chi connectivity index (χ3n) is 2.64. The lowest BCUT2D eigenvalue weighted by molar-refractivity contribution is 0.484. The van der Waals surface area contributed by atoms with E-state index in [1.807, 2.05) is 6.07 Å². The van der Waals surface area contributed by atoms with E-state index in [4.69, 9.17) is 5.84 Å². The Balaban J connectivity index is 2.70. The first kappa shape index (κ1) is 13.9. The van der Waals surface area contributed by atoms with Gasteiger partial charge in [0.15, 0.2) is 0 Å². The van der Waals surface area contributed by atoms with Crippen molar-refractivity contribution in [3.05, 3.63) is 33.1 Å². The fraction of sp³-hybridized carbons (Fsp3) is 0.500. The molecule has 16 heavy (non-hydrogen) atoms. The summed E-state index contributed by atoms with van der Waals surface area (Å²) in [5.74, 6) is 5.35. The van der Waals surface area contributed by atoms with Gasteiger partial charge in [-0.05, 0) is 46.7 Å². The van der Waals surface area contributed by atoms with E-state index in [2.05, 4.69) is 34.9 Å². The molecule has 90 valence electrons. The fourth-order valence-corrected chi connectivity index (χ4v) is 2.56. The molecule has 0 saturated heterocycles. The highest BCUT2D eigenvalue weighted by molar-refractivity contribution is 14.1. The van der Waals surface area contributed by atoms with Crippen molar-refractivity contribution < 1.29 is 4.39 Å². The van der Waals surface area contributed by atoms with Crippen molar-refractivity contribution in [1.29, 1.82) is 0 Å². The molecule has 1 aromatic carbocycles. The monoisotopic (exact) mass is 336 g/mol. The number of hydrogen-bond donors (Lipinski definition) is 2. The summed E-state index contributed by atoms with van der Waals surface area (Å²) >= 11 is 2.15. The summed E-state index contributed by atoms with van der Waals surface area (Å²) < 4.78 is 13.9. The lowest BCUT2D eigenvalue weighted by atomic mass is 10.0. The topological polar surface area (TPSA) is 38.0 Å². The minimum absolute atomic E-state index is 0.124. The van der Waals surface area contributed by atoms with Gasteiger partial charge in [0.25, 0.3) is 0 Å². The number of nitrogens with two attached hydrogens (primary N) is 1. The number of nitrogens with one attached hydrogen (secondary N) is 1. The standard InChI is InChI=1S/C12H18FIN2/c1-2-3-4-5-12(16-15)10-7-6-9(13)8-11(10)14/h6-8,12,16H,2-5,15H2,1H3. The number of hydrogen-bond acceptors (Lipinski definition) is 2. The Morgan fingerprint density at radius 1 is 1.44 bits per heavy atom. The van der Waals surface area contributed by atoms with Gasteiger partial charge in [-0.3, -0.25) is 11.3 Å². The zero-order valence-electron chi connectivity index (χ0n) is 9.47. The molecule has 0 saturated carbocycles. The Morgan fingerprint density at radius 3 is 2.75 bits per heavy atom. The van der Waals surface area contributed by atoms with Gasteiger partial charge in [0.05, 0.1) is 0 Å². The molecule has 0 aliphatic carbocycles. The second-order valence-corrected chi connectivity index (χ2v) is 5.04. The molecule has 0 spiro atoms. The summed E-state index contributed by atoms with van der Waals surface area (Å²) in [6, 6.07) is 4.97. The van der Waals surface area contributed by atoms with Crippen LogP contribution < -0.4 is 11.3 Å². The summed E-state index contributed by atoms with van der Waals surface area (Å²) in [5, 5.41) is 0. The number of unbranched alkanes of at least 4 members (excludes halogenated alkanes) is 2. The average molecular weight is 336 g/mol. The predicted molar refractivity (Wildman–Crippen MR) is 73.3 cm³/mol. The Kier molecular flexibility index (Phi) is 6.23. The normalized spacial score (nSPS) is 12.8.